The molecule has 100 valence electrons. The number of hydrogen-bond donors (Lipinski definition) is 1. The Bertz CT molecular complexity index is 407. The van der Waals surface area contributed by atoms with Crippen molar-refractivity contribution in [2.45, 2.75) is 25.5 Å². The molecule has 1 rings (SSSR count). The summed E-state index contributed by atoms with van der Waals surface area (Å²) in [6, 6.07) is 5.74. The molecule has 0 heterocycles. The highest BCUT2D eigenvalue weighted by Gasteiger charge is 2.40. The lowest BCUT2D eigenvalue weighted by Crippen LogP contribution is -2.53. The second-order valence-corrected chi connectivity index (χ2v) is 4.20. The van der Waals surface area contributed by atoms with Crippen molar-refractivity contribution in [2.24, 2.45) is 0 Å². The molecule has 0 spiro atoms. The van der Waals surface area contributed by atoms with Crippen LogP contribution < -0.4 is 5.32 Å². The van der Waals surface area contributed by atoms with Gasteiger partial charge < -0.3 is 14.8 Å². The molecule has 0 bridgehead atoms. The molecule has 0 aromatic heterocycles. The Hall–Kier alpha value is -1.62. The molecule has 0 saturated carbocycles. The summed E-state index contributed by atoms with van der Waals surface area (Å²) in [4.78, 5) is 11.9. The van der Waals surface area contributed by atoms with Crippen molar-refractivity contribution in [1.82, 2.24) is 0 Å². The fraction of sp³-hybridized carbons (Fsp3) is 0.462. The summed E-state index contributed by atoms with van der Waals surface area (Å²) in [5.74, 6) is -0.777. The van der Waals surface area contributed by atoms with Crippen LogP contribution in [0, 0.1) is 5.82 Å². The van der Waals surface area contributed by atoms with E-state index in [4.69, 9.17) is 9.47 Å². The molecule has 1 N–H and O–H groups in total. The molecule has 0 amide bonds. The minimum absolute atomic E-state index is 0.333. The van der Waals surface area contributed by atoms with Crippen LogP contribution in [0.25, 0.3) is 0 Å². The van der Waals surface area contributed by atoms with E-state index in [0.29, 0.717) is 5.69 Å². The van der Waals surface area contributed by atoms with Crippen LogP contribution in [0.2, 0.25) is 0 Å². The van der Waals surface area contributed by atoms with Gasteiger partial charge in [0, 0.05) is 12.8 Å². The fourth-order valence-electron chi connectivity index (χ4n) is 1.60. The van der Waals surface area contributed by atoms with E-state index in [-0.39, 0.29) is 5.82 Å². The minimum Gasteiger partial charge on any atom is -0.467 e. The monoisotopic (exact) mass is 255 g/mol. The van der Waals surface area contributed by atoms with Gasteiger partial charge in [-0.25, -0.2) is 9.18 Å². The van der Waals surface area contributed by atoms with Crippen LogP contribution in [-0.2, 0) is 14.3 Å². The Morgan fingerprint density at radius 3 is 2.33 bits per heavy atom. The number of nitrogens with one attached hydrogen (secondary N) is 1. The zero-order valence-corrected chi connectivity index (χ0v) is 11.0. The summed E-state index contributed by atoms with van der Waals surface area (Å²) in [6.07, 6.45) is -0.407. The molecule has 0 aliphatic rings. The van der Waals surface area contributed by atoms with Gasteiger partial charge in [0.25, 0.3) is 0 Å². The standard InChI is InChI=1S/C13H18FNO3/c1-9(17-3)13(2,12(16)18-4)15-11-7-5-10(14)6-8-11/h5-9,15H,1-4H3. The predicted molar refractivity (Wildman–Crippen MR) is 66.9 cm³/mol. The van der Waals surface area contributed by atoms with Crippen molar-refractivity contribution in [3.05, 3.63) is 30.1 Å². The van der Waals surface area contributed by atoms with Crippen LogP contribution in [0.3, 0.4) is 0 Å². The zero-order valence-electron chi connectivity index (χ0n) is 11.0. The normalized spacial score (nSPS) is 15.6. The second-order valence-electron chi connectivity index (χ2n) is 4.20. The Labute approximate surface area is 106 Å². The van der Waals surface area contributed by atoms with E-state index in [1.54, 1.807) is 26.0 Å². The maximum atomic E-state index is 12.8. The molecule has 0 fully saturated rings. The third-order valence-corrected chi connectivity index (χ3v) is 3.02. The van der Waals surface area contributed by atoms with Crippen LogP contribution in [0.15, 0.2) is 24.3 Å². The summed E-state index contributed by atoms with van der Waals surface area (Å²) >= 11 is 0. The van der Waals surface area contributed by atoms with Crippen LogP contribution >= 0.6 is 0 Å². The Morgan fingerprint density at radius 2 is 1.89 bits per heavy atom. The van der Waals surface area contributed by atoms with Gasteiger partial charge in [-0.3, -0.25) is 0 Å². The molecule has 18 heavy (non-hydrogen) atoms. The molecule has 0 radical (unpaired) electrons. The molecule has 1 aromatic carbocycles. The molecule has 0 aliphatic heterocycles. The van der Waals surface area contributed by atoms with Crippen molar-refractivity contribution in [3.8, 4) is 0 Å². The summed E-state index contributed by atoms with van der Waals surface area (Å²) in [5.41, 5.74) is -0.422. The molecule has 0 aliphatic carbocycles. The molecule has 5 heteroatoms. The van der Waals surface area contributed by atoms with Gasteiger partial charge in [0.2, 0.25) is 0 Å². The van der Waals surface area contributed by atoms with E-state index in [2.05, 4.69) is 5.32 Å². The number of carbonyl (C=O) groups excluding carboxylic acids is 1. The first-order chi connectivity index (χ1) is 8.43. The Kier molecular flexibility index (Phi) is 4.67. The average molecular weight is 255 g/mol. The number of carbonyl (C=O) groups is 1. The fourth-order valence-corrected chi connectivity index (χ4v) is 1.60. The Morgan fingerprint density at radius 1 is 1.33 bits per heavy atom. The Balaban J connectivity index is 2.98. The second kappa shape index (κ2) is 5.82. The number of esters is 1. The summed E-state index contributed by atoms with van der Waals surface area (Å²) < 4.78 is 22.8. The quantitative estimate of drug-likeness (QED) is 0.819. The topological polar surface area (TPSA) is 47.6 Å². The van der Waals surface area contributed by atoms with Gasteiger partial charge in [0.15, 0.2) is 5.54 Å². The van der Waals surface area contributed by atoms with Gasteiger partial charge in [-0.05, 0) is 38.1 Å². The highest BCUT2D eigenvalue weighted by molar-refractivity contribution is 5.84. The molecule has 0 saturated heterocycles. The van der Waals surface area contributed by atoms with Crippen molar-refractivity contribution in [3.63, 3.8) is 0 Å². The van der Waals surface area contributed by atoms with E-state index in [9.17, 15) is 9.18 Å². The summed E-state index contributed by atoms with van der Waals surface area (Å²) in [7, 11) is 2.83. The van der Waals surface area contributed by atoms with Gasteiger partial charge >= 0.3 is 5.97 Å². The summed E-state index contributed by atoms with van der Waals surface area (Å²) in [6.45, 7) is 3.43. The van der Waals surface area contributed by atoms with E-state index >= 15 is 0 Å². The maximum Gasteiger partial charge on any atom is 0.333 e. The number of anilines is 1. The average Bonchev–Trinajstić information content (AvgIpc) is 2.39. The minimum atomic E-state index is -1.04. The van der Waals surface area contributed by atoms with Gasteiger partial charge in [0.05, 0.1) is 13.2 Å². The number of benzene rings is 1. The van der Waals surface area contributed by atoms with Crippen molar-refractivity contribution in [2.75, 3.05) is 19.5 Å². The van der Waals surface area contributed by atoms with Crippen molar-refractivity contribution >= 4 is 11.7 Å². The van der Waals surface area contributed by atoms with Crippen molar-refractivity contribution < 1.29 is 18.7 Å². The highest BCUT2D eigenvalue weighted by Crippen LogP contribution is 2.22. The van der Waals surface area contributed by atoms with Crippen LogP contribution in [0.1, 0.15) is 13.8 Å². The number of hydrogen-bond acceptors (Lipinski definition) is 4. The first kappa shape index (κ1) is 14.4. The first-order valence-corrected chi connectivity index (χ1v) is 5.59. The van der Waals surface area contributed by atoms with Gasteiger partial charge in [-0.2, -0.15) is 0 Å². The lowest BCUT2D eigenvalue weighted by atomic mass is 9.95. The largest absolute Gasteiger partial charge is 0.467 e. The van der Waals surface area contributed by atoms with Crippen LogP contribution in [0.5, 0.6) is 0 Å². The number of halogens is 1. The first-order valence-electron chi connectivity index (χ1n) is 5.59. The SMILES string of the molecule is COC(=O)C(C)(Nc1ccc(F)cc1)C(C)OC. The van der Waals surface area contributed by atoms with Gasteiger partial charge in [0.1, 0.15) is 5.82 Å². The number of methoxy groups -OCH3 is 2. The molecule has 4 nitrogen and oxygen atoms in total. The van der Waals surface area contributed by atoms with Gasteiger partial charge in [-0.1, -0.05) is 0 Å². The smallest absolute Gasteiger partial charge is 0.333 e. The molecular weight excluding hydrogens is 237 g/mol. The predicted octanol–water partition coefficient (Wildman–Crippen LogP) is 2.20. The van der Waals surface area contributed by atoms with Crippen LogP contribution in [0.4, 0.5) is 10.1 Å². The van der Waals surface area contributed by atoms with E-state index in [1.165, 1.54) is 26.4 Å². The lowest BCUT2D eigenvalue weighted by molar-refractivity contribution is -0.149. The zero-order chi connectivity index (χ0) is 13.8. The molecular formula is C13H18FNO3. The van der Waals surface area contributed by atoms with E-state index in [1.807, 2.05) is 0 Å². The number of rotatable bonds is 5. The lowest BCUT2D eigenvalue weighted by Gasteiger charge is -2.33. The maximum absolute atomic E-state index is 12.8. The third-order valence-electron chi connectivity index (χ3n) is 3.02. The number of ether oxygens (including phenoxy) is 2. The van der Waals surface area contributed by atoms with E-state index < -0.39 is 17.6 Å². The van der Waals surface area contributed by atoms with E-state index in [0.717, 1.165) is 0 Å². The molecule has 2 unspecified atom stereocenters. The van der Waals surface area contributed by atoms with Gasteiger partial charge in [-0.15, -0.1) is 0 Å². The van der Waals surface area contributed by atoms with Crippen molar-refractivity contribution in [1.29, 1.82) is 0 Å². The third kappa shape index (κ3) is 2.98. The molecule has 1 aromatic rings. The highest BCUT2D eigenvalue weighted by atomic mass is 19.1. The summed E-state index contributed by atoms with van der Waals surface area (Å²) in [5, 5.41) is 3.02. The van der Waals surface area contributed by atoms with Crippen LogP contribution in [-0.4, -0.2) is 31.8 Å². The molecule has 2 atom stereocenters.